The number of amides is 2. The van der Waals surface area contributed by atoms with Crippen LogP contribution in [0.4, 0.5) is 5.69 Å². The third-order valence-electron chi connectivity index (χ3n) is 6.36. The van der Waals surface area contributed by atoms with Crippen molar-refractivity contribution < 1.29 is 18.0 Å². The van der Waals surface area contributed by atoms with Gasteiger partial charge in [0.25, 0.3) is 10.0 Å². The second-order valence-corrected chi connectivity index (χ2v) is 11.0. The number of aryl methyl sites for hydroxylation is 3. The lowest BCUT2D eigenvalue weighted by Crippen LogP contribution is -2.51. The zero-order chi connectivity index (χ0) is 27.2. The first-order chi connectivity index (χ1) is 17.6. The first kappa shape index (κ1) is 27.9. The van der Waals surface area contributed by atoms with Crippen molar-refractivity contribution in [2.45, 2.75) is 52.1 Å². The van der Waals surface area contributed by atoms with Gasteiger partial charge < -0.3 is 10.2 Å². The van der Waals surface area contributed by atoms with Crippen LogP contribution in [-0.4, -0.2) is 44.3 Å². The number of sulfonamides is 1. The molecule has 3 aromatic rings. The molecule has 0 bridgehead atoms. The fraction of sp³-hybridized carbons (Fsp3) is 0.310. The molecular formula is C29H35N3O4S. The van der Waals surface area contributed by atoms with E-state index in [1.807, 2.05) is 64.1 Å². The first-order valence-electron chi connectivity index (χ1n) is 12.3. The summed E-state index contributed by atoms with van der Waals surface area (Å²) < 4.78 is 28.9. The van der Waals surface area contributed by atoms with Gasteiger partial charge in [-0.15, -0.1) is 0 Å². The average molecular weight is 522 g/mol. The summed E-state index contributed by atoms with van der Waals surface area (Å²) in [4.78, 5) is 28.2. The summed E-state index contributed by atoms with van der Waals surface area (Å²) in [5.74, 6) is -0.768. The lowest BCUT2D eigenvalue weighted by Gasteiger charge is -2.32. The molecule has 0 heterocycles. The number of carbonyl (C=O) groups excluding carboxylic acids is 2. The van der Waals surface area contributed by atoms with E-state index in [0.29, 0.717) is 12.2 Å². The molecule has 2 amide bonds. The van der Waals surface area contributed by atoms with E-state index in [2.05, 4.69) is 5.32 Å². The molecule has 0 spiro atoms. The van der Waals surface area contributed by atoms with Crippen molar-refractivity contribution in [2.24, 2.45) is 0 Å². The van der Waals surface area contributed by atoms with Gasteiger partial charge in [0.2, 0.25) is 11.8 Å². The fourth-order valence-electron chi connectivity index (χ4n) is 4.10. The predicted molar refractivity (Wildman–Crippen MR) is 147 cm³/mol. The molecule has 1 N–H and O–H groups in total. The molecule has 0 radical (unpaired) electrons. The van der Waals surface area contributed by atoms with Crippen LogP contribution in [0.3, 0.4) is 0 Å². The molecule has 0 saturated heterocycles. The monoisotopic (exact) mass is 521 g/mol. The Morgan fingerprint density at radius 3 is 2.19 bits per heavy atom. The Kier molecular flexibility index (Phi) is 9.10. The molecule has 0 aliphatic carbocycles. The van der Waals surface area contributed by atoms with Gasteiger partial charge >= 0.3 is 0 Å². The average Bonchev–Trinajstić information content (AvgIpc) is 2.88. The summed E-state index contributed by atoms with van der Waals surface area (Å²) in [5, 5.41) is 2.77. The number of benzene rings is 3. The maximum Gasteiger partial charge on any atom is 0.264 e. The third kappa shape index (κ3) is 6.57. The van der Waals surface area contributed by atoms with Crippen molar-refractivity contribution in [2.75, 3.05) is 17.4 Å². The number of nitrogens with zero attached hydrogens (tertiary/aromatic N) is 2. The molecule has 0 aromatic heterocycles. The van der Waals surface area contributed by atoms with E-state index in [-0.39, 0.29) is 17.3 Å². The Labute approximate surface area is 220 Å². The number of likely N-dealkylation sites (N-methyl/N-ethyl adjacent to an activating group) is 1. The Balaban J connectivity index is 2.07. The quantitative estimate of drug-likeness (QED) is 0.430. The molecule has 0 fully saturated rings. The molecule has 3 rings (SSSR count). The molecule has 1 unspecified atom stereocenters. The maximum absolute atomic E-state index is 13.9. The number of hydrogen-bond acceptors (Lipinski definition) is 4. The van der Waals surface area contributed by atoms with Crippen LogP contribution < -0.4 is 9.62 Å². The molecule has 1 atom stereocenters. The van der Waals surface area contributed by atoms with Crippen molar-refractivity contribution in [3.8, 4) is 0 Å². The van der Waals surface area contributed by atoms with Crippen LogP contribution in [0.15, 0.2) is 77.7 Å². The summed E-state index contributed by atoms with van der Waals surface area (Å²) in [5.41, 5.74) is 3.88. The highest BCUT2D eigenvalue weighted by atomic mass is 32.2. The third-order valence-corrected chi connectivity index (χ3v) is 8.14. The number of anilines is 1. The smallest absolute Gasteiger partial charge is 0.264 e. The van der Waals surface area contributed by atoms with Crippen LogP contribution in [0.25, 0.3) is 0 Å². The SMILES string of the molecule is CCNC(=O)C(C)N(Cc1ccccc1C)C(=O)CN(c1cc(C)ccc1C)S(=O)(=O)c1ccccc1. The highest BCUT2D eigenvalue weighted by Gasteiger charge is 2.33. The molecule has 7 nitrogen and oxygen atoms in total. The second-order valence-electron chi connectivity index (χ2n) is 9.13. The molecule has 8 heteroatoms. The number of nitrogens with one attached hydrogen (secondary N) is 1. The zero-order valence-electron chi connectivity index (χ0n) is 22.1. The molecule has 37 heavy (non-hydrogen) atoms. The van der Waals surface area contributed by atoms with Crippen LogP contribution in [0.2, 0.25) is 0 Å². The summed E-state index contributed by atoms with van der Waals surface area (Å²) in [6, 6.07) is 20.4. The minimum absolute atomic E-state index is 0.0888. The zero-order valence-corrected chi connectivity index (χ0v) is 22.9. The van der Waals surface area contributed by atoms with E-state index in [1.165, 1.54) is 17.0 Å². The minimum Gasteiger partial charge on any atom is -0.355 e. The summed E-state index contributed by atoms with van der Waals surface area (Å²) in [6.07, 6.45) is 0. The first-order valence-corrected chi connectivity index (χ1v) is 13.8. The van der Waals surface area contributed by atoms with Crippen molar-refractivity contribution in [3.05, 3.63) is 95.1 Å². The van der Waals surface area contributed by atoms with Gasteiger partial charge in [-0.25, -0.2) is 8.42 Å². The molecular weight excluding hydrogens is 486 g/mol. The van der Waals surface area contributed by atoms with Crippen LogP contribution in [0.5, 0.6) is 0 Å². The van der Waals surface area contributed by atoms with Crippen LogP contribution in [-0.2, 0) is 26.2 Å². The van der Waals surface area contributed by atoms with E-state index < -0.39 is 28.5 Å². The van der Waals surface area contributed by atoms with Gasteiger partial charge in [0.1, 0.15) is 12.6 Å². The standard InChI is InChI=1S/C29H35N3O4S/c1-6-30-29(34)24(5)31(19-25-13-11-10-12-22(25)3)28(33)20-32(27-18-21(2)16-17-23(27)4)37(35,36)26-14-8-7-9-15-26/h7-18,24H,6,19-20H2,1-5H3,(H,30,34). The van der Waals surface area contributed by atoms with Crippen molar-refractivity contribution in [1.29, 1.82) is 0 Å². The van der Waals surface area contributed by atoms with E-state index in [4.69, 9.17) is 0 Å². The van der Waals surface area contributed by atoms with Gasteiger partial charge in [-0.05, 0) is 75.1 Å². The molecule has 0 saturated carbocycles. The number of hydrogen-bond donors (Lipinski definition) is 1. The van der Waals surface area contributed by atoms with Gasteiger partial charge in [0, 0.05) is 13.1 Å². The highest BCUT2D eigenvalue weighted by Crippen LogP contribution is 2.28. The van der Waals surface area contributed by atoms with Gasteiger partial charge in [0.15, 0.2) is 0 Å². The Bertz CT molecular complexity index is 1360. The van der Waals surface area contributed by atoms with Gasteiger partial charge in [-0.3, -0.25) is 13.9 Å². The van der Waals surface area contributed by atoms with E-state index in [9.17, 15) is 18.0 Å². The lowest BCUT2D eigenvalue weighted by molar-refractivity contribution is -0.139. The molecule has 3 aromatic carbocycles. The van der Waals surface area contributed by atoms with Gasteiger partial charge in [-0.1, -0.05) is 54.6 Å². The molecule has 196 valence electrons. The largest absolute Gasteiger partial charge is 0.355 e. The summed E-state index contributed by atoms with van der Waals surface area (Å²) in [6.45, 7) is 9.26. The topological polar surface area (TPSA) is 86.8 Å². The lowest BCUT2D eigenvalue weighted by atomic mass is 10.1. The minimum atomic E-state index is -4.07. The van der Waals surface area contributed by atoms with Gasteiger partial charge in [-0.2, -0.15) is 0 Å². The Morgan fingerprint density at radius 1 is 0.892 bits per heavy atom. The second kappa shape index (κ2) is 12.1. The normalized spacial score (nSPS) is 12.0. The fourth-order valence-corrected chi connectivity index (χ4v) is 5.59. The predicted octanol–water partition coefficient (Wildman–Crippen LogP) is 4.36. The number of rotatable bonds is 10. The van der Waals surface area contributed by atoms with Gasteiger partial charge in [0.05, 0.1) is 10.6 Å². The Hall–Kier alpha value is -3.65. The van der Waals surface area contributed by atoms with E-state index in [0.717, 1.165) is 26.6 Å². The summed E-state index contributed by atoms with van der Waals surface area (Å²) in [7, 11) is -4.07. The van der Waals surface area contributed by atoms with Crippen LogP contribution in [0, 0.1) is 20.8 Å². The van der Waals surface area contributed by atoms with E-state index in [1.54, 1.807) is 31.2 Å². The highest BCUT2D eigenvalue weighted by molar-refractivity contribution is 7.92. The van der Waals surface area contributed by atoms with Crippen molar-refractivity contribution in [3.63, 3.8) is 0 Å². The molecule has 0 aliphatic rings. The maximum atomic E-state index is 13.9. The van der Waals surface area contributed by atoms with Crippen LogP contribution in [0.1, 0.15) is 36.1 Å². The summed E-state index contributed by atoms with van der Waals surface area (Å²) >= 11 is 0. The Morgan fingerprint density at radius 2 is 1.54 bits per heavy atom. The molecule has 0 aliphatic heterocycles. The van der Waals surface area contributed by atoms with Crippen molar-refractivity contribution in [1.82, 2.24) is 10.2 Å². The number of carbonyl (C=O) groups is 2. The van der Waals surface area contributed by atoms with Crippen molar-refractivity contribution >= 4 is 27.5 Å². The van der Waals surface area contributed by atoms with Crippen LogP contribution >= 0.6 is 0 Å². The van der Waals surface area contributed by atoms with E-state index >= 15 is 0 Å².